The highest BCUT2D eigenvalue weighted by molar-refractivity contribution is 7.89. The van der Waals surface area contributed by atoms with Crippen molar-refractivity contribution in [3.63, 3.8) is 0 Å². The number of rotatable bonds is 6. The topological polar surface area (TPSA) is 79.5 Å². The van der Waals surface area contributed by atoms with Crippen LogP contribution in [-0.4, -0.2) is 30.9 Å². The molecule has 1 aliphatic rings. The molecule has 152 valence electrons. The summed E-state index contributed by atoms with van der Waals surface area (Å²) in [5.74, 6) is 0.653. The van der Waals surface area contributed by atoms with Crippen molar-refractivity contribution < 1.29 is 13.2 Å². The fourth-order valence-electron chi connectivity index (χ4n) is 3.97. The summed E-state index contributed by atoms with van der Waals surface area (Å²) in [6, 6.07) is 15.6. The van der Waals surface area contributed by atoms with Crippen molar-refractivity contribution >= 4 is 20.9 Å². The number of hydrogen-bond acceptors (Lipinski definition) is 4. The summed E-state index contributed by atoms with van der Waals surface area (Å²) in [5.41, 5.74) is 0.822. The number of nitrogens with zero attached hydrogens (tertiary/aromatic N) is 1. The van der Waals surface area contributed by atoms with E-state index in [-0.39, 0.29) is 23.0 Å². The highest BCUT2D eigenvalue weighted by atomic mass is 32.2. The highest BCUT2D eigenvalue weighted by Crippen LogP contribution is 2.30. The molecule has 1 N–H and O–H groups in total. The maximum absolute atomic E-state index is 13.4. The van der Waals surface area contributed by atoms with E-state index in [0.29, 0.717) is 16.8 Å². The number of aromatic nitrogens is 1. The van der Waals surface area contributed by atoms with Gasteiger partial charge in [0.1, 0.15) is 5.75 Å². The first-order valence-corrected chi connectivity index (χ1v) is 11.2. The van der Waals surface area contributed by atoms with Crippen LogP contribution in [0.1, 0.15) is 31.2 Å². The zero-order valence-electron chi connectivity index (χ0n) is 16.3. The molecule has 0 spiro atoms. The van der Waals surface area contributed by atoms with Crippen molar-refractivity contribution in [2.45, 2.75) is 43.2 Å². The number of fused-ring (bicyclic) bond motifs is 1. The van der Waals surface area contributed by atoms with E-state index in [4.69, 9.17) is 4.74 Å². The Kier molecular flexibility index (Phi) is 5.43. The van der Waals surface area contributed by atoms with E-state index < -0.39 is 10.0 Å². The normalized spacial score (nSPS) is 15.2. The van der Waals surface area contributed by atoms with Crippen molar-refractivity contribution in [1.82, 2.24) is 9.29 Å². The summed E-state index contributed by atoms with van der Waals surface area (Å²) in [6.45, 7) is 0.0548. The number of methoxy groups -OCH3 is 1. The monoisotopic (exact) mass is 412 g/mol. The summed E-state index contributed by atoms with van der Waals surface area (Å²) < 4.78 is 33.5. The van der Waals surface area contributed by atoms with E-state index in [0.717, 1.165) is 31.1 Å². The minimum atomic E-state index is -3.70. The number of nitrogens with one attached hydrogen (secondary N) is 1. The van der Waals surface area contributed by atoms with Gasteiger partial charge in [-0.15, -0.1) is 0 Å². The Morgan fingerprint density at radius 2 is 1.79 bits per heavy atom. The van der Waals surface area contributed by atoms with Crippen molar-refractivity contribution in [3.8, 4) is 5.75 Å². The molecule has 0 radical (unpaired) electrons. The molecular formula is C22H24N2O4S. The predicted molar refractivity (Wildman–Crippen MR) is 113 cm³/mol. The molecule has 0 bridgehead atoms. The van der Waals surface area contributed by atoms with Crippen LogP contribution in [0.2, 0.25) is 0 Å². The molecule has 0 amide bonds. The molecule has 6 nitrogen and oxygen atoms in total. The molecule has 2 aromatic carbocycles. The van der Waals surface area contributed by atoms with E-state index in [2.05, 4.69) is 4.98 Å². The van der Waals surface area contributed by atoms with Gasteiger partial charge in [0.05, 0.1) is 17.5 Å². The van der Waals surface area contributed by atoms with E-state index in [1.807, 2.05) is 12.1 Å². The molecule has 0 atom stereocenters. The fraction of sp³-hybridized carbons (Fsp3) is 0.318. The van der Waals surface area contributed by atoms with Crippen LogP contribution in [0.4, 0.5) is 0 Å². The molecular weight excluding hydrogens is 388 g/mol. The highest BCUT2D eigenvalue weighted by Gasteiger charge is 2.33. The number of pyridine rings is 1. The van der Waals surface area contributed by atoms with Gasteiger partial charge in [0, 0.05) is 24.2 Å². The van der Waals surface area contributed by atoms with Gasteiger partial charge in [0.2, 0.25) is 10.0 Å². The summed E-state index contributed by atoms with van der Waals surface area (Å²) >= 11 is 0. The van der Waals surface area contributed by atoms with Gasteiger partial charge in [-0.3, -0.25) is 4.79 Å². The average Bonchev–Trinajstić information content (AvgIpc) is 3.26. The van der Waals surface area contributed by atoms with Crippen LogP contribution in [0.3, 0.4) is 0 Å². The summed E-state index contributed by atoms with van der Waals surface area (Å²) in [6.07, 6.45) is 3.63. The second-order valence-electron chi connectivity index (χ2n) is 7.38. The Bertz CT molecular complexity index is 1170. The number of sulfonamides is 1. The minimum Gasteiger partial charge on any atom is -0.497 e. The number of H-pyrrole nitrogens is 1. The van der Waals surface area contributed by atoms with Gasteiger partial charge in [-0.1, -0.05) is 31.0 Å². The molecule has 1 heterocycles. The molecule has 0 saturated heterocycles. The molecule has 29 heavy (non-hydrogen) atoms. The van der Waals surface area contributed by atoms with Gasteiger partial charge >= 0.3 is 0 Å². The lowest BCUT2D eigenvalue weighted by molar-refractivity contribution is 0.315. The second-order valence-corrected chi connectivity index (χ2v) is 9.27. The lowest BCUT2D eigenvalue weighted by Gasteiger charge is -2.28. The molecule has 0 unspecified atom stereocenters. The Labute approximate surface area is 170 Å². The smallest absolute Gasteiger partial charge is 0.252 e. The summed E-state index contributed by atoms with van der Waals surface area (Å²) in [7, 11) is -2.13. The Hall–Kier alpha value is -2.64. The third-order valence-electron chi connectivity index (χ3n) is 5.54. The molecule has 1 aromatic heterocycles. The zero-order valence-corrected chi connectivity index (χ0v) is 17.1. The maximum Gasteiger partial charge on any atom is 0.252 e. The van der Waals surface area contributed by atoms with Gasteiger partial charge in [-0.05, 0) is 48.6 Å². The molecule has 1 aliphatic carbocycles. The number of aromatic amines is 1. The first-order chi connectivity index (χ1) is 14.0. The molecule has 4 rings (SSSR count). The maximum atomic E-state index is 13.4. The zero-order chi connectivity index (χ0) is 20.4. The van der Waals surface area contributed by atoms with Crippen LogP contribution in [0.25, 0.3) is 10.9 Å². The van der Waals surface area contributed by atoms with Gasteiger partial charge < -0.3 is 9.72 Å². The van der Waals surface area contributed by atoms with Crippen LogP contribution < -0.4 is 10.3 Å². The van der Waals surface area contributed by atoms with Crippen LogP contribution in [0.5, 0.6) is 5.75 Å². The lowest BCUT2D eigenvalue weighted by atomic mass is 10.1. The Morgan fingerprint density at radius 3 is 2.48 bits per heavy atom. The van der Waals surface area contributed by atoms with Gasteiger partial charge in [-0.25, -0.2) is 8.42 Å². The molecule has 1 saturated carbocycles. The third kappa shape index (κ3) is 3.93. The van der Waals surface area contributed by atoms with Crippen LogP contribution in [-0.2, 0) is 16.6 Å². The molecule has 3 aromatic rings. The van der Waals surface area contributed by atoms with Crippen LogP contribution in [0, 0.1) is 0 Å². The molecule has 1 fully saturated rings. The molecule has 0 aliphatic heterocycles. The quantitative estimate of drug-likeness (QED) is 0.670. The number of benzene rings is 2. The Morgan fingerprint density at radius 1 is 1.07 bits per heavy atom. The summed E-state index contributed by atoms with van der Waals surface area (Å²) in [5, 5.41) is 0.837. The van der Waals surface area contributed by atoms with Crippen molar-refractivity contribution in [2.24, 2.45) is 0 Å². The summed E-state index contributed by atoms with van der Waals surface area (Å²) in [4.78, 5) is 15.9. The first-order valence-electron chi connectivity index (χ1n) is 9.76. The predicted octanol–water partition coefficient (Wildman–Crippen LogP) is 3.67. The standard InChI is InChI=1S/C22H24N2O4S/c1-28-19-12-11-16-13-17(22(25)23-21(16)14-19)15-24(18-7-5-6-8-18)29(26,27)20-9-3-2-4-10-20/h2-4,9-14,18H,5-8,15H2,1H3,(H,23,25). The van der Waals surface area contributed by atoms with E-state index in [9.17, 15) is 13.2 Å². The van der Waals surface area contributed by atoms with Gasteiger partial charge in [0.15, 0.2) is 0 Å². The Balaban J connectivity index is 1.75. The van der Waals surface area contributed by atoms with Gasteiger partial charge in [0.25, 0.3) is 5.56 Å². The van der Waals surface area contributed by atoms with Crippen LogP contribution >= 0.6 is 0 Å². The van der Waals surface area contributed by atoms with Crippen molar-refractivity contribution in [1.29, 1.82) is 0 Å². The van der Waals surface area contributed by atoms with E-state index >= 15 is 0 Å². The largest absolute Gasteiger partial charge is 0.497 e. The first kappa shape index (κ1) is 19.7. The SMILES string of the molecule is COc1ccc2cc(CN(C3CCCC3)S(=O)(=O)c3ccccc3)c(=O)[nH]c2c1. The average molecular weight is 413 g/mol. The van der Waals surface area contributed by atoms with Crippen LogP contribution in [0.15, 0.2) is 64.3 Å². The van der Waals surface area contributed by atoms with Crippen molar-refractivity contribution in [2.75, 3.05) is 7.11 Å². The lowest BCUT2D eigenvalue weighted by Crippen LogP contribution is -2.39. The number of ether oxygens (including phenoxy) is 1. The third-order valence-corrected chi connectivity index (χ3v) is 7.45. The number of hydrogen-bond donors (Lipinski definition) is 1. The minimum absolute atomic E-state index is 0.0548. The van der Waals surface area contributed by atoms with Gasteiger partial charge in [-0.2, -0.15) is 4.31 Å². The van der Waals surface area contributed by atoms with Crippen molar-refractivity contribution in [3.05, 3.63) is 70.5 Å². The molecule has 7 heteroatoms. The fourth-order valence-corrected chi connectivity index (χ4v) is 5.65. The van der Waals surface area contributed by atoms with E-state index in [1.54, 1.807) is 49.6 Å². The second kappa shape index (κ2) is 8.00. The van der Waals surface area contributed by atoms with E-state index in [1.165, 1.54) is 4.31 Å².